The number of nitrogens with zero attached hydrogens (tertiary/aromatic N) is 1. The van der Waals surface area contributed by atoms with Crippen LogP contribution in [0.3, 0.4) is 0 Å². The van der Waals surface area contributed by atoms with E-state index in [1.54, 1.807) is 13.1 Å². The molecule has 0 bridgehead atoms. The zero-order valence-corrected chi connectivity index (χ0v) is 12.5. The first kappa shape index (κ1) is 15.0. The van der Waals surface area contributed by atoms with Gasteiger partial charge in [0.25, 0.3) is 5.91 Å². The van der Waals surface area contributed by atoms with Gasteiger partial charge in [0.2, 0.25) is 0 Å². The van der Waals surface area contributed by atoms with Crippen LogP contribution >= 0.6 is 28.1 Å². The highest BCUT2D eigenvalue weighted by molar-refractivity contribution is 9.10. The predicted octanol–water partition coefficient (Wildman–Crippen LogP) is 2.72. The number of halogens is 2. The van der Waals surface area contributed by atoms with Crippen molar-refractivity contribution in [2.24, 2.45) is 5.73 Å². The Bertz CT molecular complexity index is 481. The first-order valence-corrected chi connectivity index (χ1v) is 6.53. The fourth-order valence-electron chi connectivity index (χ4n) is 1.48. The molecule has 1 amide bonds. The van der Waals surface area contributed by atoms with Crippen molar-refractivity contribution in [3.63, 3.8) is 0 Å². The number of nitrogens with two attached hydrogens (primary N) is 1. The average Bonchev–Trinajstić information content (AvgIpc) is 2.26. The van der Waals surface area contributed by atoms with Gasteiger partial charge in [-0.15, -0.1) is 0 Å². The van der Waals surface area contributed by atoms with Crippen LogP contribution in [0, 0.1) is 5.82 Å². The molecular formula is C12H14BrFN2OS. The summed E-state index contributed by atoms with van der Waals surface area (Å²) in [6, 6.07) is 4.17. The Hall–Kier alpha value is -1.01. The lowest BCUT2D eigenvalue weighted by Crippen LogP contribution is -2.37. The summed E-state index contributed by atoms with van der Waals surface area (Å²) in [4.78, 5) is 13.9. The normalized spacial score (nSPS) is 12.0. The van der Waals surface area contributed by atoms with Crippen molar-refractivity contribution >= 4 is 39.0 Å². The summed E-state index contributed by atoms with van der Waals surface area (Å²) in [5, 5.41) is 0. The topological polar surface area (TPSA) is 46.3 Å². The van der Waals surface area contributed by atoms with Crippen LogP contribution in [-0.4, -0.2) is 28.9 Å². The SMILES string of the molecule is CC(CC(N)=S)N(C)C(=O)c1ccc(Br)cc1F. The number of carbonyl (C=O) groups excluding carboxylic acids is 1. The monoisotopic (exact) mass is 332 g/mol. The third-order valence-corrected chi connectivity index (χ3v) is 3.30. The largest absolute Gasteiger partial charge is 0.393 e. The minimum atomic E-state index is -0.552. The van der Waals surface area contributed by atoms with Gasteiger partial charge in [-0.1, -0.05) is 28.1 Å². The molecule has 0 aromatic heterocycles. The van der Waals surface area contributed by atoms with Crippen LogP contribution in [0.1, 0.15) is 23.7 Å². The maximum Gasteiger partial charge on any atom is 0.256 e. The zero-order chi connectivity index (χ0) is 13.9. The quantitative estimate of drug-likeness (QED) is 0.862. The minimum Gasteiger partial charge on any atom is -0.393 e. The highest BCUT2D eigenvalue weighted by Gasteiger charge is 2.20. The number of carbonyl (C=O) groups is 1. The minimum absolute atomic E-state index is 0.0375. The average molecular weight is 333 g/mol. The number of hydrogen-bond donors (Lipinski definition) is 1. The van der Waals surface area contributed by atoms with Crippen molar-refractivity contribution in [2.45, 2.75) is 19.4 Å². The Labute approximate surface area is 119 Å². The number of benzene rings is 1. The third-order valence-electron chi connectivity index (χ3n) is 2.64. The van der Waals surface area contributed by atoms with Gasteiger partial charge in [0.15, 0.2) is 0 Å². The van der Waals surface area contributed by atoms with Gasteiger partial charge < -0.3 is 10.6 Å². The molecule has 1 rings (SSSR count). The maximum absolute atomic E-state index is 13.7. The summed E-state index contributed by atoms with van der Waals surface area (Å²) in [6.07, 6.45) is 0.412. The van der Waals surface area contributed by atoms with Gasteiger partial charge in [0, 0.05) is 24.0 Å². The summed E-state index contributed by atoms with van der Waals surface area (Å²) in [5.74, 6) is -0.937. The number of amides is 1. The Morgan fingerprint density at radius 2 is 2.22 bits per heavy atom. The van der Waals surface area contributed by atoms with Crippen LogP contribution in [-0.2, 0) is 0 Å². The molecule has 18 heavy (non-hydrogen) atoms. The fraction of sp³-hybridized carbons (Fsp3) is 0.333. The van der Waals surface area contributed by atoms with Crippen molar-refractivity contribution in [1.29, 1.82) is 0 Å². The maximum atomic E-state index is 13.7. The molecule has 1 atom stereocenters. The molecule has 1 aromatic rings. The van der Waals surface area contributed by atoms with Crippen molar-refractivity contribution in [1.82, 2.24) is 4.90 Å². The number of hydrogen-bond acceptors (Lipinski definition) is 2. The van der Waals surface area contributed by atoms with Crippen molar-refractivity contribution < 1.29 is 9.18 Å². The second kappa shape index (κ2) is 6.24. The number of thiocarbonyl (C=S) groups is 1. The van der Waals surface area contributed by atoms with Crippen LogP contribution in [0.5, 0.6) is 0 Å². The van der Waals surface area contributed by atoms with Crippen LogP contribution in [0.15, 0.2) is 22.7 Å². The van der Waals surface area contributed by atoms with Gasteiger partial charge in [-0.05, 0) is 25.1 Å². The molecular weight excluding hydrogens is 319 g/mol. The van der Waals surface area contributed by atoms with E-state index < -0.39 is 5.82 Å². The van der Waals surface area contributed by atoms with Crippen LogP contribution in [0.2, 0.25) is 0 Å². The van der Waals surface area contributed by atoms with Crippen LogP contribution in [0.4, 0.5) is 4.39 Å². The molecule has 0 aliphatic heterocycles. The van der Waals surface area contributed by atoms with Crippen LogP contribution < -0.4 is 5.73 Å². The molecule has 98 valence electrons. The second-order valence-electron chi connectivity index (χ2n) is 4.06. The molecule has 0 saturated carbocycles. The van der Waals surface area contributed by atoms with Gasteiger partial charge in [0.1, 0.15) is 5.82 Å². The van der Waals surface area contributed by atoms with E-state index in [0.717, 1.165) is 0 Å². The molecule has 0 saturated heterocycles. The summed E-state index contributed by atoms with van der Waals surface area (Å²) in [7, 11) is 1.60. The van der Waals surface area contributed by atoms with E-state index in [-0.39, 0.29) is 17.5 Å². The summed E-state index contributed by atoms with van der Waals surface area (Å²) in [6.45, 7) is 1.81. The summed E-state index contributed by atoms with van der Waals surface area (Å²) >= 11 is 7.94. The highest BCUT2D eigenvalue weighted by Crippen LogP contribution is 2.17. The Balaban J connectivity index is 2.89. The first-order chi connectivity index (χ1) is 8.32. The molecule has 0 heterocycles. The van der Waals surface area contributed by atoms with Crippen LogP contribution in [0.25, 0.3) is 0 Å². The van der Waals surface area contributed by atoms with E-state index in [2.05, 4.69) is 15.9 Å². The highest BCUT2D eigenvalue weighted by atomic mass is 79.9. The van der Waals surface area contributed by atoms with Crippen molar-refractivity contribution in [3.8, 4) is 0 Å². The van der Waals surface area contributed by atoms with Crippen molar-refractivity contribution in [2.75, 3.05) is 7.05 Å². The molecule has 0 aliphatic rings. The Kier molecular flexibility index (Phi) is 5.22. The lowest BCUT2D eigenvalue weighted by Gasteiger charge is -2.24. The van der Waals surface area contributed by atoms with E-state index in [4.69, 9.17) is 18.0 Å². The summed E-state index contributed by atoms with van der Waals surface area (Å²) in [5.41, 5.74) is 5.47. The molecule has 0 spiro atoms. The van der Waals surface area contributed by atoms with Crippen molar-refractivity contribution in [3.05, 3.63) is 34.1 Å². The van der Waals surface area contributed by atoms with E-state index >= 15 is 0 Å². The summed E-state index contributed by atoms with van der Waals surface area (Å²) < 4.78 is 14.3. The van der Waals surface area contributed by atoms with Gasteiger partial charge in [-0.3, -0.25) is 4.79 Å². The Morgan fingerprint density at radius 3 is 2.72 bits per heavy atom. The smallest absolute Gasteiger partial charge is 0.256 e. The lowest BCUT2D eigenvalue weighted by atomic mass is 10.1. The molecule has 0 aliphatic carbocycles. The van der Waals surface area contributed by atoms with E-state index in [1.165, 1.54) is 17.0 Å². The molecule has 6 heteroatoms. The third kappa shape index (κ3) is 3.74. The van der Waals surface area contributed by atoms with E-state index in [9.17, 15) is 9.18 Å². The molecule has 3 nitrogen and oxygen atoms in total. The second-order valence-corrected chi connectivity index (χ2v) is 5.50. The van der Waals surface area contributed by atoms with Gasteiger partial charge in [-0.25, -0.2) is 4.39 Å². The molecule has 1 aromatic carbocycles. The Morgan fingerprint density at radius 1 is 1.61 bits per heavy atom. The van der Waals surface area contributed by atoms with Gasteiger partial charge in [0.05, 0.1) is 10.6 Å². The molecule has 0 radical (unpaired) electrons. The number of rotatable bonds is 4. The zero-order valence-electron chi connectivity index (χ0n) is 10.1. The first-order valence-electron chi connectivity index (χ1n) is 5.33. The molecule has 0 fully saturated rings. The molecule has 2 N–H and O–H groups in total. The molecule has 1 unspecified atom stereocenters. The fourth-order valence-corrected chi connectivity index (χ4v) is 2.06. The lowest BCUT2D eigenvalue weighted by molar-refractivity contribution is 0.0743. The van der Waals surface area contributed by atoms with E-state index in [0.29, 0.717) is 15.9 Å². The predicted molar refractivity (Wildman–Crippen MR) is 77.1 cm³/mol. The van der Waals surface area contributed by atoms with E-state index in [1.807, 2.05) is 6.92 Å². The van der Waals surface area contributed by atoms with Gasteiger partial charge in [-0.2, -0.15) is 0 Å². The standard InChI is InChI=1S/C12H14BrFN2OS/c1-7(5-11(15)18)16(2)12(17)9-4-3-8(13)6-10(9)14/h3-4,6-7H,5H2,1-2H3,(H2,15,18). The van der Waals surface area contributed by atoms with Gasteiger partial charge >= 0.3 is 0 Å².